The van der Waals surface area contributed by atoms with E-state index in [2.05, 4.69) is 9.97 Å². The molecule has 0 fully saturated rings. The third-order valence-electron chi connectivity index (χ3n) is 2.17. The van der Waals surface area contributed by atoms with E-state index in [4.69, 9.17) is 15.2 Å². The molecule has 1 heterocycles. The molecule has 0 aliphatic carbocycles. The predicted octanol–water partition coefficient (Wildman–Crippen LogP) is 1.23. The number of rotatable bonds is 2. The van der Waals surface area contributed by atoms with Crippen LogP contribution in [0.5, 0.6) is 11.5 Å². The molecular weight excluding hydrogens is 194 g/mol. The summed E-state index contributed by atoms with van der Waals surface area (Å²) in [5.41, 5.74) is 6.46. The second-order valence-corrected chi connectivity index (χ2v) is 2.98. The van der Waals surface area contributed by atoms with Crippen molar-refractivity contribution in [2.75, 3.05) is 20.0 Å². The van der Waals surface area contributed by atoms with Crippen LogP contribution in [0.1, 0.15) is 0 Å². The van der Waals surface area contributed by atoms with Crippen LogP contribution in [-0.4, -0.2) is 24.2 Å². The van der Waals surface area contributed by atoms with Gasteiger partial charge >= 0.3 is 0 Å². The van der Waals surface area contributed by atoms with Gasteiger partial charge in [-0.1, -0.05) is 0 Å². The summed E-state index contributed by atoms with van der Waals surface area (Å²) in [7, 11) is 3.15. The molecule has 0 atom stereocenters. The van der Waals surface area contributed by atoms with Crippen LogP contribution in [0.4, 0.5) is 5.82 Å². The molecule has 5 heteroatoms. The average Bonchev–Trinajstić information content (AvgIpc) is 2.28. The maximum atomic E-state index is 5.72. The molecule has 1 aromatic carbocycles. The van der Waals surface area contributed by atoms with Crippen molar-refractivity contribution in [2.45, 2.75) is 0 Å². The summed E-state index contributed by atoms with van der Waals surface area (Å²) in [4.78, 5) is 8.01. The maximum Gasteiger partial charge on any atom is 0.162 e. The Morgan fingerprint density at radius 2 is 1.73 bits per heavy atom. The van der Waals surface area contributed by atoms with Gasteiger partial charge in [-0.15, -0.1) is 0 Å². The molecule has 15 heavy (non-hydrogen) atoms. The Morgan fingerprint density at radius 1 is 1.07 bits per heavy atom. The highest BCUT2D eigenvalue weighted by Crippen LogP contribution is 2.32. The van der Waals surface area contributed by atoms with Crippen molar-refractivity contribution in [1.29, 1.82) is 0 Å². The Kier molecular flexibility index (Phi) is 2.29. The molecule has 2 rings (SSSR count). The number of hydrogen-bond donors (Lipinski definition) is 1. The number of nitrogens with zero attached hydrogens (tertiary/aromatic N) is 2. The molecule has 0 amide bonds. The lowest BCUT2D eigenvalue weighted by Crippen LogP contribution is -1.96. The van der Waals surface area contributed by atoms with Gasteiger partial charge < -0.3 is 15.2 Å². The highest BCUT2D eigenvalue weighted by atomic mass is 16.5. The molecule has 0 spiro atoms. The lowest BCUT2D eigenvalue weighted by atomic mass is 10.2. The van der Waals surface area contributed by atoms with Crippen LogP contribution in [0.15, 0.2) is 18.5 Å². The number of ether oxygens (including phenoxy) is 2. The van der Waals surface area contributed by atoms with Gasteiger partial charge in [0.15, 0.2) is 11.5 Å². The molecule has 0 aliphatic heterocycles. The first kappa shape index (κ1) is 9.51. The number of fused-ring (bicyclic) bond motifs is 1. The van der Waals surface area contributed by atoms with Gasteiger partial charge in [-0.3, -0.25) is 0 Å². The first-order valence-electron chi connectivity index (χ1n) is 4.38. The fraction of sp³-hybridized carbons (Fsp3) is 0.200. The van der Waals surface area contributed by atoms with Gasteiger partial charge in [-0.2, -0.15) is 0 Å². The Balaban J connectivity index is 2.75. The highest BCUT2D eigenvalue weighted by Gasteiger charge is 2.08. The van der Waals surface area contributed by atoms with E-state index in [1.54, 1.807) is 26.4 Å². The summed E-state index contributed by atoms with van der Waals surface area (Å²) in [6.07, 6.45) is 1.42. The number of aromatic nitrogens is 2. The number of nitrogens with two attached hydrogens (primary N) is 1. The van der Waals surface area contributed by atoms with E-state index in [1.165, 1.54) is 6.33 Å². The van der Waals surface area contributed by atoms with Gasteiger partial charge in [0.1, 0.15) is 12.1 Å². The van der Waals surface area contributed by atoms with Gasteiger partial charge in [0, 0.05) is 11.5 Å². The quantitative estimate of drug-likeness (QED) is 0.798. The standard InChI is InChI=1S/C10H11N3O2/c1-14-8-3-6-7(4-9(8)15-2)12-5-13-10(6)11/h3-5H,1-2H3,(H2,11,12,13). The van der Waals surface area contributed by atoms with E-state index < -0.39 is 0 Å². The van der Waals surface area contributed by atoms with Gasteiger partial charge in [0.2, 0.25) is 0 Å². The predicted molar refractivity (Wildman–Crippen MR) is 57.1 cm³/mol. The van der Waals surface area contributed by atoms with E-state index in [1.807, 2.05) is 0 Å². The third-order valence-corrected chi connectivity index (χ3v) is 2.17. The lowest BCUT2D eigenvalue weighted by molar-refractivity contribution is 0.356. The summed E-state index contributed by atoms with van der Waals surface area (Å²) in [6, 6.07) is 3.54. The molecule has 5 nitrogen and oxygen atoms in total. The molecule has 78 valence electrons. The third kappa shape index (κ3) is 1.52. The number of hydrogen-bond acceptors (Lipinski definition) is 5. The number of nitrogen functional groups attached to an aromatic ring is 1. The Labute approximate surface area is 86.8 Å². The molecule has 1 aromatic heterocycles. The fourth-order valence-electron chi connectivity index (χ4n) is 1.40. The smallest absolute Gasteiger partial charge is 0.162 e. The van der Waals surface area contributed by atoms with Crippen LogP contribution in [0.25, 0.3) is 10.9 Å². The minimum absolute atomic E-state index is 0.431. The van der Waals surface area contributed by atoms with Crippen LogP contribution >= 0.6 is 0 Å². The van der Waals surface area contributed by atoms with Crippen molar-refractivity contribution in [3.8, 4) is 11.5 Å². The minimum atomic E-state index is 0.431. The van der Waals surface area contributed by atoms with Crippen molar-refractivity contribution in [1.82, 2.24) is 9.97 Å². The van der Waals surface area contributed by atoms with Crippen LogP contribution in [0.3, 0.4) is 0 Å². The van der Waals surface area contributed by atoms with Gasteiger partial charge in [-0.05, 0) is 6.07 Å². The first-order valence-corrected chi connectivity index (χ1v) is 4.38. The summed E-state index contributed by atoms with van der Waals surface area (Å²) >= 11 is 0. The molecule has 0 saturated heterocycles. The lowest BCUT2D eigenvalue weighted by Gasteiger charge is -2.08. The first-order chi connectivity index (χ1) is 7.26. The van der Waals surface area contributed by atoms with Crippen LogP contribution in [-0.2, 0) is 0 Å². The summed E-state index contributed by atoms with van der Waals surface area (Å²) in [6.45, 7) is 0. The van der Waals surface area contributed by atoms with Gasteiger partial charge in [-0.25, -0.2) is 9.97 Å². The topological polar surface area (TPSA) is 70.3 Å². The molecular formula is C10H11N3O2. The Bertz CT molecular complexity index is 499. The molecule has 0 bridgehead atoms. The SMILES string of the molecule is COc1cc2ncnc(N)c2cc1OC. The van der Waals surface area contributed by atoms with Crippen LogP contribution in [0, 0.1) is 0 Å². The van der Waals surface area contributed by atoms with E-state index in [0.717, 1.165) is 10.9 Å². The summed E-state index contributed by atoms with van der Waals surface area (Å²) < 4.78 is 10.3. The molecule has 0 unspecified atom stereocenters. The van der Waals surface area contributed by atoms with E-state index in [-0.39, 0.29) is 0 Å². The molecule has 2 aromatic rings. The number of methoxy groups -OCH3 is 2. The minimum Gasteiger partial charge on any atom is -0.493 e. The van der Waals surface area contributed by atoms with Crippen LogP contribution < -0.4 is 15.2 Å². The van der Waals surface area contributed by atoms with Gasteiger partial charge in [0.25, 0.3) is 0 Å². The Morgan fingerprint density at radius 3 is 2.40 bits per heavy atom. The van der Waals surface area contributed by atoms with Gasteiger partial charge in [0.05, 0.1) is 19.7 Å². The fourth-order valence-corrected chi connectivity index (χ4v) is 1.40. The number of benzene rings is 1. The van der Waals surface area contributed by atoms with Crippen molar-refractivity contribution >= 4 is 16.7 Å². The van der Waals surface area contributed by atoms with E-state index in [0.29, 0.717) is 17.3 Å². The molecule has 0 aliphatic rings. The van der Waals surface area contributed by atoms with Crippen molar-refractivity contribution in [3.05, 3.63) is 18.5 Å². The van der Waals surface area contributed by atoms with Crippen molar-refractivity contribution in [3.63, 3.8) is 0 Å². The zero-order valence-electron chi connectivity index (χ0n) is 8.52. The van der Waals surface area contributed by atoms with E-state index in [9.17, 15) is 0 Å². The maximum absolute atomic E-state index is 5.72. The monoisotopic (exact) mass is 205 g/mol. The second kappa shape index (κ2) is 3.61. The zero-order valence-corrected chi connectivity index (χ0v) is 8.52. The number of anilines is 1. The largest absolute Gasteiger partial charge is 0.493 e. The summed E-state index contributed by atoms with van der Waals surface area (Å²) in [5.74, 6) is 1.68. The molecule has 0 saturated carbocycles. The average molecular weight is 205 g/mol. The second-order valence-electron chi connectivity index (χ2n) is 2.98. The zero-order chi connectivity index (χ0) is 10.8. The normalized spacial score (nSPS) is 10.3. The Hall–Kier alpha value is -2.04. The highest BCUT2D eigenvalue weighted by molar-refractivity contribution is 5.90. The van der Waals surface area contributed by atoms with E-state index >= 15 is 0 Å². The van der Waals surface area contributed by atoms with Crippen LogP contribution in [0.2, 0.25) is 0 Å². The molecule has 2 N–H and O–H groups in total. The molecule has 0 radical (unpaired) electrons. The summed E-state index contributed by atoms with van der Waals surface area (Å²) in [5, 5.41) is 0.759. The van der Waals surface area contributed by atoms with Crippen molar-refractivity contribution < 1.29 is 9.47 Å². The van der Waals surface area contributed by atoms with Crippen molar-refractivity contribution in [2.24, 2.45) is 0 Å².